The Labute approximate surface area is 129 Å². The number of hydrogen-bond acceptors (Lipinski definition) is 3. The standard InChI is InChI=1S/C18H30N2O/c1-15(2)13-19-14-18(16-7-5-4-6-8-16)20(3)17-9-11-21-12-10-17/h4-8,15,17-19H,9-14H2,1-3H3. The Morgan fingerprint density at radius 2 is 1.81 bits per heavy atom. The smallest absolute Gasteiger partial charge is 0.0480 e. The lowest BCUT2D eigenvalue weighted by Gasteiger charge is -2.37. The van der Waals surface area contributed by atoms with Crippen LogP contribution in [-0.2, 0) is 4.74 Å². The van der Waals surface area contributed by atoms with E-state index in [0.29, 0.717) is 18.0 Å². The molecule has 0 spiro atoms. The molecule has 1 aromatic carbocycles. The highest BCUT2D eigenvalue weighted by Gasteiger charge is 2.25. The Bertz CT molecular complexity index is 387. The van der Waals surface area contributed by atoms with Crippen LogP contribution in [0.5, 0.6) is 0 Å². The second-order valence-corrected chi connectivity index (χ2v) is 6.49. The molecule has 3 heteroatoms. The predicted octanol–water partition coefficient (Wildman–Crippen LogP) is 3.08. The van der Waals surface area contributed by atoms with Crippen LogP contribution in [0.1, 0.15) is 38.3 Å². The monoisotopic (exact) mass is 290 g/mol. The van der Waals surface area contributed by atoms with Crippen LogP contribution in [0.25, 0.3) is 0 Å². The third-order valence-electron chi connectivity index (χ3n) is 4.33. The maximum absolute atomic E-state index is 5.51. The Kier molecular flexibility index (Phi) is 6.68. The Balaban J connectivity index is 2.03. The van der Waals surface area contributed by atoms with Crippen molar-refractivity contribution in [3.05, 3.63) is 35.9 Å². The highest BCUT2D eigenvalue weighted by molar-refractivity contribution is 5.19. The Morgan fingerprint density at radius 1 is 1.14 bits per heavy atom. The van der Waals surface area contributed by atoms with Crippen molar-refractivity contribution < 1.29 is 4.74 Å². The van der Waals surface area contributed by atoms with Crippen molar-refractivity contribution in [2.24, 2.45) is 5.92 Å². The van der Waals surface area contributed by atoms with Crippen LogP contribution in [0, 0.1) is 5.92 Å². The minimum Gasteiger partial charge on any atom is -0.381 e. The fourth-order valence-corrected chi connectivity index (χ4v) is 3.03. The van der Waals surface area contributed by atoms with Gasteiger partial charge in [-0.15, -0.1) is 0 Å². The molecule has 3 nitrogen and oxygen atoms in total. The lowest BCUT2D eigenvalue weighted by molar-refractivity contribution is 0.0280. The minimum atomic E-state index is 0.438. The number of nitrogens with zero attached hydrogens (tertiary/aromatic N) is 1. The fraction of sp³-hybridized carbons (Fsp3) is 0.667. The summed E-state index contributed by atoms with van der Waals surface area (Å²) in [5.41, 5.74) is 1.41. The van der Waals surface area contributed by atoms with E-state index in [-0.39, 0.29) is 0 Å². The van der Waals surface area contributed by atoms with Gasteiger partial charge in [-0.25, -0.2) is 0 Å². The van der Waals surface area contributed by atoms with Crippen molar-refractivity contribution in [2.45, 2.75) is 38.8 Å². The summed E-state index contributed by atoms with van der Waals surface area (Å²) >= 11 is 0. The molecule has 118 valence electrons. The fourth-order valence-electron chi connectivity index (χ4n) is 3.03. The molecule has 1 saturated heterocycles. The minimum absolute atomic E-state index is 0.438. The van der Waals surface area contributed by atoms with Crippen LogP contribution >= 0.6 is 0 Å². The van der Waals surface area contributed by atoms with E-state index in [0.717, 1.165) is 39.1 Å². The van der Waals surface area contributed by atoms with E-state index in [1.807, 2.05) is 0 Å². The van der Waals surface area contributed by atoms with E-state index in [2.05, 4.69) is 61.4 Å². The summed E-state index contributed by atoms with van der Waals surface area (Å²) in [7, 11) is 2.27. The van der Waals surface area contributed by atoms with Gasteiger partial charge in [0.25, 0.3) is 0 Å². The molecule has 0 amide bonds. The molecule has 0 saturated carbocycles. The van der Waals surface area contributed by atoms with Gasteiger partial charge in [0, 0.05) is 31.8 Å². The molecule has 0 aliphatic carbocycles. The maximum Gasteiger partial charge on any atom is 0.0480 e. The lowest BCUT2D eigenvalue weighted by Crippen LogP contribution is -2.43. The average Bonchev–Trinajstić information content (AvgIpc) is 2.52. The van der Waals surface area contributed by atoms with Crippen LogP contribution in [-0.4, -0.2) is 44.3 Å². The topological polar surface area (TPSA) is 24.5 Å². The predicted molar refractivity (Wildman–Crippen MR) is 88.5 cm³/mol. The van der Waals surface area contributed by atoms with Crippen LogP contribution in [0.15, 0.2) is 30.3 Å². The molecule has 1 aliphatic rings. The first kappa shape index (κ1) is 16.5. The van der Waals surface area contributed by atoms with Crippen LogP contribution < -0.4 is 5.32 Å². The molecule has 2 rings (SSSR count). The van der Waals surface area contributed by atoms with Crippen molar-refractivity contribution in [3.8, 4) is 0 Å². The van der Waals surface area contributed by atoms with Crippen LogP contribution in [0.2, 0.25) is 0 Å². The molecule has 1 fully saturated rings. The van der Waals surface area contributed by atoms with Gasteiger partial charge in [0.05, 0.1) is 0 Å². The number of ether oxygens (including phenoxy) is 1. The van der Waals surface area contributed by atoms with E-state index < -0.39 is 0 Å². The Morgan fingerprint density at radius 3 is 2.43 bits per heavy atom. The molecule has 1 heterocycles. The third kappa shape index (κ3) is 5.10. The van der Waals surface area contributed by atoms with Gasteiger partial charge in [0.1, 0.15) is 0 Å². The molecule has 1 N–H and O–H groups in total. The zero-order chi connectivity index (χ0) is 15.1. The number of likely N-dealkylation sites (N-methyl/N-ethyl adjacent to an activating group) is 1. The van der Waals surface area contributed by atoms with Crippen molar-refractivity contribution in [3.63, 3.8) is 0 Å². The van der Waals surface area contributed by atoms with Gasteiger partial charge >= 0.3 is 0 Å². The molecule has 1 aliphatic heterocycles. The molecule has 1 aromatic rings. The number of rotatable bonds is 7. The van der Waals surface area contributed by atoms with Crippen LogP contribution in [0.4, 0.5) is 0 Å². The second-order valence-electron chi connectivity index (χ2n) is 6.49. The SMILES string of the molecule is CC(C)CNCC(c1ccccc1)N(C)C1CCOCC1. The first-order valence-corrected chi connectivity index (χ1v) is 8.24. The normalized spacial score (nSPS) is 18.3. The molecule has 0 bridgehead atoms. The van der Waals surface area contributed by atoms with E-state index in [4.69, 9.17) is 4.74 Å². The van der Waals surface area contributed by atoms with Crippen molar-refractivity contribution in [2.75, 3.05) is 33.4 Å². The zero-order valence-electron chi connectivity index (χ0n) is 13.7. The summed E-state index contributed by atoms with van der Waals surface area (Å²) in [6.07, 6.45) is 2.29. The average molecular weight is 290 g/mol. The first-order valence-electron chi connectivity index (χ1n) is 8.24. The van der Waals surface area contributed by atoms with E-state index in [9.17, 15) is 0 Å². The molecule has 21 heavy (non-hydrogen) atoms. The Hall–Kier alpha value is -0.900. The molecule has 0 radical (unpaired) electrons. The largest absolute Gasteiger partial charge is 0.381 e. The highest BCUT2D eigenvalue weighted by atomic mass is 16.5. The zero-order valence-corrected chi connectivity index (χ0v) is 13.7. The number of benzene rings is 1. The summed E-state index contributed by atoms with van der Waals surface area (Å²) in [5, 5.41) is 3.63. The van der Waals surface area contributed by atoms with Crippen molar-refractivity contribution >= 4 is 0 Å². The number of nitrogens with one attached hydrogen (secondary N) is 1. The summed E-state index contributed by atoms with van der Waals surface area (Å²) in [5.74, 6) is 0.690. The van der Waals surface area contributed by atoms with E-state index >= 15 is 0 Å². The summed E-state index contributed by atoms with van der Waals surface area (Å²) in [6.45, 7) is 8.40. The van der Waals surface area contributed by atoms with Gasteiger partial charge in [-0.05, 0) is 37.9 Å². The molecular weight excluding hydrogens is 260 g/mol. The molecular formula is C18H30N2O. The van der Waals surface area contributed by atoms with Gasteiger partial charge in [0.2, 0.25) is 0 Å². The highest BCUT2D eigenvalue weighted by Crippen LogP contribution is 2.25. The lowest BCUT2D eigenvalue weighted by atomic mass is 10.00. The van der Waals surface area contributed by atoms with E-state index in [1.165, 1.54) is 5.56 Å². The molecule has 1 atom stereocenters. The number of hydrogen-bond donors (Lipinski definition) is 1. The van der Waals surface area contributed by atoms with Gasteiger partial charge in [-0.1, -0.05) is 44.2 Å². The van der Waals surface area contributed by atoms with Gasteiger partial charge < -0.3 is 10.1 Å². The van der Waals surface area contributed by atoms with Gasteiger partial charge in [-0.2, -0.15) is 0 Å². The van der Waals surface area contributed by atoms with E-state index in [1.54, 1.807) is 0 Å². The summed E-state index contributed by atoms with van der Waals surface area (Å²) in [6, 6.07) is 11.9. The van der Waals surface area contributed by atoms with Crippen molar-refractivity contribution in [1.29, 1.82) is 0 Å². The molecule has 1 unspecified atom stereocenters. The maximum atomic E-state index is 5.51. The van der Waals surface area contributed by atoms with Gasteiger partial charge in [-0.3, -0.25) is 4.90 Å². The third-order valence-corrected chi connectivity index (χ3v) is 4.33. The second kappa shape index (κ2) is 8.52. The van der Waals surface area contributed by atoms with Crippen molar-refractivity contribution in [1.82, 2.24) is 10.2 Å². The van der Waals surface area contributed by atoms with Crippen LogP contribution in [0.3, 0.4) is 0 Å². The van der Waals surface area contributed by atoms with Gasteiger partial charge in [0.15, 0.2) is 0 Å². The summed E-state index contributed by atoms with van der Waals surface area (Å²) in [4.78, 5) is 2.55. The summed E-state index contributed by atoms with van der Waals surface area (Å²) < 4.78 is 5.51. The first-order chi connectivity index (χ1) is 10.2. The molecule has 0 aromatic heterocycles. The quantitative estimate of drug-likeness (QED) is 0.835.